The van der Waals surface area contributed by atoms with Gasteiger partial charge in [-0.05, 0) is 17.7 Å². The average Bonchev–Trinajstić information content (AvgIpc) is 2.24. The van der Waals surface area contributed by atoms with Gasteiger partial charge in [0, 0.05) is 11.4 Å². The van der Waals surface area contributed by atoms with E-state index in [9.17, 15) is 18.0 Å². The number of hydrogen-bond acceptors (Lipinski definition) is 3. The van der Waals surface area contributed by atoms with E-state index in [0.29, 0.717) is 4.90 Å². The zero-order chi connectivity index (χ0) is 13.1. The summed E-state index contributed by atoms with van der Waals surface area (Å²) in [5.41, 5.74) is 9.42. The fourth-order valence-electron chi connectivity index (χ4n) is 1.24. The Hall–Kier alpha value is -1.21. The first-order valence-electron chi connectivity index (χ1n) is 4.66. The molecule has 0 atom stereocenters. The summed E-state index contributed by atoms with van der Waals surface area (Å²) >= 11 is 0.963. The van der Waals surface area contributed by atoms with Crippen LogP contribution in [0.2, 0.25) is 0 Å². The van der Waals surface area contributed by atoms with Gasteiger partial charge in [-0.2, -0.15) is 13.2 Å². The lowest BCUT2D eigenvalue weighted by Crippen LogP contribution is -2.14. The first kappa shape index (κ1) is 13.9. The van der Waals surface area contributed by atoms with Crippen molar-refractivity contribution < 1.29 is 18.0 Å². The van der Waals surface area contributed by atoms with Crippen molar-refractivity contribution in [3.63, 3.8) is 0 Å². The van der Waals surface area contributed by atoms with Crippen molar-refractivity contribution in [2.75, 3.05) is 5.75 Å². The van der Waals surface area contributed by atoms with Crippen molar-refractivity contribution in [2.24, 2.45) is 11.5 Å². The molecule has 0 aliphatic carbocycles. The zero-order valence-corrected chi connectivity index (χ0v) is 9.57. The molecule has 1 rings (SSSR count). The third-order valence-corrected chi connectivity index (χ3v) is 3.00. The van der Waals surface area contributed by atoms with E-state index in [1.54, 1.807) is 0 Å². The highest BCUT2D eigenvalue weighted by Crippen LogP contribution is 2.34. The topological polar surface area (TPSA) is 69.1 Å². The van der Waals surface area contributed by atoms with E-state index >= 15 is 0 Å². The van der Waals surface area contributed by atoms with Crippen molar-refractivity contribution in [1.29, 1.82) is 0 Å². The van der Waals surface area contributed by atoms with E-state index < -0.39 is 17.6 Å². The van der Waals surface area contributed by atoms with Gasteiger partial charge in [-0.25, -0.2) is 0 Å². The van der Waals surface area contributed by atoms with Crippen LogP contribution in [0.3, 0.4) is 0 Å². The van der Waals surface area contributed by atoms with E-state index in [1.807, 2.05) is 0 Å². The minimum Gasteiger partial charge on any atom is -0.369 e. The lowest BCUT2D eigenvalue weighted by molar-refractivity contribution is -0.138. The van der Waals surface area contributed by atoms with Crippen LogP contribution < -0.4 is 11.5 Å². The van der Waals surface area contributed by atoms with Gasteiger partial charge in [-0.15, -0.1) is 11.8 Å². The van der Waals surface area contributed by atoms with Crippen LogP contribution in [0.5, 0.6) is 0 Å². The van der Waals surface area contributed by atoms with Crippen LogP contribution in [0.25, 0.3) is 0 Å². The summed E-state index contributed by atoms with van der Waals surface area (Å²) < 4.78 is 38.0. The Labute approximate surface area is 100 Å². The van der Waals surface area contributed by atoms with E-state index in [2.05, 4.69) is 0 Å². The summed E-state index contributed by atoms with van der Waals surface area (Å²) in [6.45, 7) is -0.185. The lowest BCUT2D eigenvalue weighted by Gasteiger charge is -2.13. The van der Waals surface area contributed by atoms with E-state index in [0.717, 1.165) is 17.8 Å². The molecule has 7 heteroatoms. The second-order valence-corrected chi connectivity index (χ2v) is 4.32. The molecule has 17 heavy (non-hydrogen) atoms. The van der Waals surface area contributed by atoms with Crippen LogP contribution in [0.1, 0.15) is 11.1 Å². The van der Waals surface area contributed by atoms with E-state index in [4.69, 9.17) is 11.5 Å². The molecular formula is C10H11F3N2OS. The molecule has 4 N–H and O–H groups in total. The fraction of sp³-hybridized carbons (Fsp3) is 0.300. The number of carbonyl (C=O) groups excluding carboxylic acids is 1. The van der Waals surface area contributed by atoms with Gasteiger partial charge in [0.05, 0.1) is 11.3 Å². The summed E-state index contributed by atoms with van der Waals surface area (Å²) in [7, 11) is 0. The number of amides is 1. The summed E-state index contributed by atoms with van der Waals surface area (Å²) in [5.74, 6) is -0.634. The highest BCUT2D eigenvalue weighted by Gasteiger charge is 2.33. The van der Waals surface area contributed by atoms with E-state index in [1.165, 1.54) is 12.1 Å². The van der Waals surface area contributed by atoms with Crippen molar-refractivity contribution >= 4 is 17.7 Å². The van der Waals surface area contributed by atoms with Crippen LogP contribution in [0, 0.1) is 0 Å². The molecule has 0 saturated heterocycles. The van der Waals surface area contributed by atoms with Crippen LogP contribution in [-0.4, -0.2) is 11.7 Å². The number of carbonyl (C=O) groups is 1. The normalized spacial score (nSPS) is 11.5. The number of primary amides is 1. The number of alkyl halides is 3. The predicted octanol–water partition coefficient (Wildman–Crippen LogP) is 1.74. The van der Waals surface area contributed by atoms with Gasteiger partial charge in [0.15, 0.2) is 0 Å². The van der Waals surface area contributed by atoms with Gasteiger partial charge in [0.25, 0.3) is 0 Å². The van der Waals surface area contributed by atoms with Gasteiger partial charge < -0.3 is 11.5 Å². The summed E-state index contributed by atoms with van der Waals surface area (Å²) in [6, 6.07) is 3.78. The molecule has 0 heterocycles. The fourth-order valence-corrected chi connectivity index (χ4v) is 1.92. The van der Waals surface area contributed by atoms with Crippen molar-refractivity contribution in [2.45, 2.75) is 17.6 Å². The molecule has 1 aromatic rings. The van der Waals surface area contributed by atoms with Crippen LogP contribution in [0.4, 0.5) is 13.2 Å². The molecule has 0 bridgehead atoms. The minimum atomic E-state index is -4.45. The summed E-state index contributed by atoms with van der Waals surface area (Å²) in [6.07, 6.45) is -4.45. The van der Waals surface area contributed by atoms with Gasteiger partial charge in [0.1, 0.15) is 0 Å². The van der Waals surface area contributed by atoms with E-state index in [-0.39, 0.29) is 17.9 Å². The quantitative estimate of drug-likeness (QED) is 0.814. The summed E-state index contributed by atoms with van der Waals surface area (Å²) in [4.78, 5) is 10.9. The highest BCUT2D eigenvalue weighted by molar-refractivity contribution is 8.00. The minimum absolute atomic E-state index is 0.0286. The second kappa shape index (κ2) is 5.42. The van der Waals surface area contributed by atoms with Gasteiger partial charge in [0.2, 0.25) is 5.91 Å². The molecule has 0 radical (unpaired) electrons. The number of thioether (sulfide) groups is 1. The number of nitrogens with two attached hydrogens (primary N) is 2. The van der Waals surface area contributed by atoms with Crippen molar-refractivity contribution in [3.8, 4) is 0 Å². The molecule has 0 aliphatic rings. The molecule has 0 spiro atoms. The molecule has 0 saturated carbocycles. The molecular weight excluding hydrogens is 253 g/mol. The third-order valence-electron chi connectivity index (χ3n) is 1.99. The molecule has 1 aromatic carbocycles. The maximum atomic E-state index is 12.7. The maximum Gasteiger partial charge on any atom is 0.416 e. The number of hydrogen-bond donors (Lipinski definition) is 2. The molecule has 1 amide bonds. The Morgan fingerprint density at radius 3 is 2.47 bits per heavy atom. The molecule has 0 aliphatic heterocycles. The lowest BCUT2D eigenvalue weighted by atomic mass is 10.1. The smallest absolute Gasteiger partial charge is 0.369 e. The third kappa shape index (κ3) is 3.94. The van der Waals surface area contributed by atoms with Crippen molar-refractivity contribution in [3.05, 3.63) is 29.3 Å². The monoisotopic (exact) mass is 264 g/mol. The number of halogens is 3. The Morgan fingerprint density at radius 1 is 1.35 bits per heavy atom. The number of rotatable bonds is 4. The molecule has 3 nitrogen and oxygen atoms in total. The Balaban J connectivity index is 3.01. The first-order valence-corrected chi connectivity index (χ1v) is 5.64. The number of benzene rings is 1. The van der Waals surface area contributed by atoms with Crippen LogP contribution >= 0.6 is 11.8 Å². The molecule has 0 unspecified atom stereocenters. The average molecular weight is 264 g/mol. The highest BCUT2D eigenvalue weighted by atomic mass is 32.2. The molecule has 0 aromatic heterocycles. The Bertz CT molecular complexity index is 421. The molecule has 0 fully saturated rings. The first-order chi connectivity index (χ1) is 7.84. The molecule has 94 valence electrons. The summed E-state index contributed by atoms with van der Waals surface area (Å²) in [5, 5.41) is 0. The van der Waals surface area contributed by atoms with Gasteiger partial charge >= 0.3 is 6.18 Å². The predicted molar refractivity (Wildman–Crippen MR) is 59.3 cm³/mol. The Morgan fingerprint density at radius 2 is 2.00 bits per heavy atom. The van der Waals surface area contributed by atoms with Crippen LogP contribution in [-0.2, 0) is 17.5 Å². The van der Waals surface area contributed by atoms with Gasteiger partial charge in [-0.1, -0.05) is 6.07 Å². The largest absolute Gasteiger partial charge is 0.416 e. The van der Waals surface area contributed by atoms with Gasteiger partial charge in [-0.3, -0.25) is 4.79 Å². The van der Waals surface area contributed by atoms with Crippen LogP contribution in [0.15, 0.2) is 23.1 Å². The zero-order valence-electron chi connectivity index (χ0n) is 8.75. The maximum absolute atomic E-state index is 12.7. The SMILES string of the molecule is NCc1ccc(SCC(N)=O)cc1C(F)(F)F. The standard InChI is InChI=1S/C10H11F3N2OS/c11-10(12,13)8-3-7(17-5-9(15)16)2-1-6(8)4-14/h1-3H,4-5,14H2,(H2,15,16). The van der Waals surface area contributed by atoms with Crippen molar-refractivity contribution in [1.82, 2.24) is 0 Å². The second-order valence-electron chi connectivity index (χ2n) is 3.28. The Kier molecular flexibility index (Phi) is 4.41.